The molecule has 31 heavy (non-hydrogen) atoms. The minimum atomic E-state index is -3.99. The minimum absolute atomic E-state index is 0.106. The largest absolute Gasteiger partial charge is 0.330 e. The van der Waals surface area contributed by atoms with Crippen LogP contribution in [-0.4, -0.2) is 47.3 Å². The van der Waals surface area contributed by atoms with E-state index in [1.807, 2.05) is 0 Å². The zero-order chi connectivity index (χ0) is 22.9. The van der Waals surface area contributed by atoms with Crippen molar-refractivity contribution in [2.45, 2.75) is 76.3 Å². The van der Waals surface area contributed by atoms with Crippen LogP contribution in [0.2, 0.25) is 0 Å². The molecule has 5 rings (SSSR count). The zero-order valence-electron chi connectivity index (χ0n) is 18.4. The maximum absolute atomic E-state index is 11.3. The van der Waals surface area contributed by atoms with Crippen LogP contribution in [0.25, 0.3) is 0 Å². The van der Waals surface area contributed by atoms with Crippen molar-refractivity contribution >= 4 is 17.7 Å². The third-order valence-corrected chi connectivity index (χ3v) is 11.1. The van der Waals surface area contributed by atoms with E-state index in [1.54, 1.807) is 0 Å². The summed E-state index contributed by atoms with van der Waals surface area (Å²) < 4.78 is 43.0. The Morgan fingerprint density at radius 3 is 1.74 bits per heavy atom. The Kier molecular flexibility index (Phi) is 8.32. The molecule has 5 aliphatic carbocycles. The molecule has 0 aliphatic heterocycles. The van der Waals surface area contributed by atoms with Gasteiger partial charge in [0, 0.05) is 12.0 Å². The Morgan fingerprint density at radius 2 is 1.39 bits per heavy atom. The van der Waals surface area contributed by atoms with Crippen LogP contribution in [0.3, 0.4) is 0 Å². The Labute approximate surface area is 186 Å². The van der Waals surface area contributed by atoms with Gasteiger partial charge in [0.2, 0.25) is 0 Å². The normalized spacial score (nSPS) is 37.1. The smallest absolute Gasteiger partial charge is 0.330 e. The molecule has 5 saturated carbocycles. The summed E-state index contributed by atoms with van der Waals surface area (Å²) in [6, 6.07) is 0. The maximum atomic E-state index is 11.3. The van der Waals surface area contributed by atoms with Gasteiger partial charge in [-0.25, -0.2) is 0 Å². The monoisotopic (exact) mass is 480 g/mol. The van der Waals surface area contributed by atoms with Crippen LogP contribution in [0.4, 0.5) is 0 Å². The van der Waals surface area contributed by atoms with Crippen LogP contribution >= 0.6 is 7.60 Å². The molecule has 0 amide bonds. The molecule has 5 fully saturated rings. The number of nitrogens with two attached hydrogens (primary N) is 2. The molecule has 1 atom stereocenters. The minimum Gasteiger partial charge on any atom is -0.330 e. The molecule has 4 bridgehead atoms. The van der Waals surface area contributed by atoms with Crippen LogP contribution in [-0.2, 0) is 14.7 Å². The summed E-state index contributed by atoms with van der Waals surface area (Å²) in [6.07, 6.45) is 12.2. The molecule has 1 unspecified atom stereocenters. The maximum Gasteiger partial charge on any atom is 0.330 e. The molecule has 5 aliphatic rings. The average molecular weight is 481 g/mol. The summed E-state index contributed by atoms with van der Waals surface area (Å²) in [5.41, 5.74) is 10.4. The topological polar surface area (TPSA) is 164 Å². The Morgan fingerprint density at radius 1 is 0.903 bits per heavy atom. The SMILES string of the molecule is NCC(C1CCCCCC1)P(=O)(O)O.NCC1(CS(=O)(=O)O)C2CC3CC(C2)CC1C3. The standard InChI is InChI=1S/C12H21NO3S.C9H20NO3P/c13-6-12(7-17(14,15)16)10-2-8-1-9(4-10)5-11(12)3-8;10-7-9(14(11,12)13)8-5-3-1-2-4-6-8/h8-11H,1-7,13H2,(H,14,15,16);8-9H,1-7,10H2,(H2,11,12,13). The van der Waals surface area contributed by atoms with Gasteiger partial charge in [0.1, 0.15) is 0 Å². The second-order valence-electron chi connectivity index (χ2n) is 10.6. The van der Waals surface area contributed by atoms with E-state index in [2.05, 4.69) is 0 Å². The summed E-state index contributed by atoms with van der Waals surface area (Å²) in [5, 5.41) is 0. The van der Waals surface area contributed by atoms with Gasteiger partial charge >= 0.3 is 7.60 Å². The summed E-state index contributed by atoms with van der Waals surface area (Å²) in [5.74, 6) is 2.43. The lowest BCUT2D eigenvalue weighted by molar-refractivity contribution is -0.0911. The first-order valence-corrected chi connectivity index (χ1v) is 15.2. The molecule has 0 aromatic rings. The molecule has 7 N–H and O–H groups in total. The summed E-state index contributed by atoms with van der Waals surface area (Å²) in [6.45, 7) is 0.510. The van der Waals surface area contributed by atoms with Crippen LogP contribution in [0.1, 0.15) is 70.6 Å². The highest BCUT2D eigenvalue weighted by atomic mass is 32.2. The van der Waals surface area contributed by atoms with Gasteiger partial charge in [0.05, 0.1) is 11.4 Å². The third-order valence-electron chi connectivity index (χ3n) is 8.71. The van der Waals surface area contributed by atoms with Gasteiger partial charge in [-0.3, -0.25) is 9.12 Å². The molecule has 8 nitrogen and oxygen atoms in total. The van der Waals surface area contributed by atoms with E-state index in [0.29, 0.717) is 18.4 Å². The predicted octanol–water partition coefficient (Wildman–Crippen LogP) is 2.74. The second-order valence-corrected chi connectivity index (χ2v) is 13.9. The van der Waals surface area contributed by atoms with Crippen molar-refractivity contribution in [2.75, 3.05) is 18.8 Å². The highest BCUT2D eigenvalue weighted by Gasteiger charge is 2.57. The zero-order valence-corrected chi connectivity index (χ0v) is 20.2. The van der Waals surface area contributed by atoms with E-state index in [-0.39, 0.29) is 23.6 Å². The Bertz CT molecular complexity index is 719. The summed E-state index contributed by atoms with van der Waals surface area (Å²) in [4.78, 5) is 18.3. The quantitative estimate of drug-likeness (QED) is 0.220. The molecule has 0 aromatic heterocycles. The van der Waals surface area contributed by atoms with Gasteiger partial charge in [-0.1, -0.05) is 25.7 Å². The predicted molar refractivity (Wildman–Crippen MR) is 121 cm³/mol. The molecular formula is C21H41N2O6PS. The van der Waals surface area contributed by atoms with Crippen molar-refractivity contribution in [3.8, 4) is 0 Å². The number of rotatable bonds is 6. The molecule has 0 saturated heterocycles. The van der Waals surface area contributed by atoms with Crippen LogP contribution in [0.15, 0.2) is 0 Å². The highest BCUT2D eigenvalue weighted by molar-refractivity contribution is 7.85. The number of hydrogen-bond donors (Lipinski definition) is 5. The van der Waals surface area contributed by atoms with Gasteiger partial charge in [0.15, 0.2) is 0 Å². The van der Waals surface area contributed by atoms with Crippen molar-refractivity contribution in [1.82, 2.24) is 0 Å². The lowest BCUT2D eigenvalue weighted by atomic mass is 9.46. The van der Waals surface area contributed by atoms with E-state index in [9.17, 15) is 17.5 Å². The first kappa shape index (κ1) is 25.6. The van der Waals surface area contributed by atoms with Crippen molar-refractivity contribution in [1.29, 1.82) is 0 Å². The Hall–Kier alpha value is -0.0200. The van der Waals surface area contributed by atoms with Gasteiger partial charge in [-0.05, 0) is 81.1 Å². The first-order valence-electron chi connectivity index (χ1n) is 11.9. The van der Waals surface area contributed by atoms with Crippen molar-refractivity contribution in [3.05, 3.63) is 0 Å². The van der Waals surface area contributed by atoms with E-state index in [4.69, 9.17) is 21.3 Å². The third kappa shape index (κ3) is 6.11. The fraction of sp³-hybridized carbons (Fsp3) is 1.00. The number of hydrogen-bond acceptors (Lipinski definition) is 5. The fourth-order valence-corrected chi connectivity index (χ4v) is 9.78. The first-order chi connectivity index (χ1) is 14.5. The van der Waals surface area contributed by atoms with E-state index in [1.165, 1.54) is 19.3 Å². The summed E-state index contributed by atoms with van der Waals surface area (Å²) >= 11 is 0. The van der Waals surface area contributed by atoms with Gasteiger partial charge < -0.3 is 21.3 Å². The summed E-state index contributed by atoms with van der Waals surface area (Å²) in [7, 11) is -7.91. The second kappa shape index (κ2) is 10.1. The highest BCUT2D eigenvalue weighted by Crippen LogP contribution is 2.62. The molecular weight excluding hydrogens is 439 g/mol. The average Bonchev–Trinajstić information content (AvgIpc) is 2.93. The molecule has 0 aromatic carbocycles. The molecule has 0 radical (unpaired) electrons. The van der Waals surface area contributed by atoms with E-state index >= 15 is 0 Å². The van der Waals surface area contributed by atoms with Crippen molar-refractivity contribution < 1.29 is 27.3 Å². The molecule has 0 heterocycles. The van der Waals surface area contributed by atoms with Crippen LogP contribution in [0, 0.1) is 35.0 Å². The molecule has 182 valence electrons. The lowest BCUT2D eigenvalue weighted by Gasteiger charge is -2.60. The van der Waals surface area contributed by atoms with Gasteiger partial charge in [-0.15, -0.1) is 0 Å². The van der Waals surface area contributed by atoms with Gasteiger partial charge in [0.25, 0.3) is 10.1 Å². The van der Waals surface area contributed by atoms with Gasteiger partial charge in [-0.2, -0.15) is 8.42 Å². The van der Waals surface area contributed by atoms with Crippen LogP contribution < -0.4 is 11.5 Å². The Balaban J connectivity index is 0.000000180. The fourth-order valence-electron chi connectivity index (χ4n) is 7.39. The van der Waals surface area contributed by atoms with E-state index in [0.717, 1.165) is 63.2 Å². The molecule has 10 heteroatoms. The van der Waals surface area contributed by atoms with Crippen molar-refractivity contribution in [3.63, 3.8) is 0 Å². The molecule has 0 spiro atoms. The van der Waals surface area contributed by atoms with Crippen molar-refractivity contribution in [2.24, 2.45) is 46.5 Å². The van der Waals surface area contributed by atoms with Crippen LogP contribution in [0.5, 0.6) is 0 Å². The lowest BCUT2D eigenvalue weighted by Crippen LogP contribution is -2.58. The van der Waals surface area contributed by atoms with E-state index < -0.39 is 23.4 Å².